The summed E-state index contributed by atoms with van der Waals surface area (Å²) in [6.45, 7) is 7.01. The summed E-state index contributed by atoms with van der Waals surface area (Å²) in [7, 11) is 3.44. The van der Waals surface area contributed by atoms with Gasteiger partial charge in [0, 0.05) is 12.5 Å². The van der Waals surface area contributed by atoms with Gasteiger partial charge in [0.15, 0.2) is 4.80 Å². The van der Waals surface area contributed by atoms with Crippen molar-refractivity contribution >= 4 is 27.8 Å². The first-order valence-corrected chi connectivity index (χ1v) is 11.3. The van der Waals surface area contributed by atoms with Gasteiger partial charge in [0.25, 0.3) is 0 Å². The van der Waals surface area contributed by atoms with Crippen LogP contribution in [0.25, 0.3) is 22.0 Å². The lowest BCUT2D eigenvalue weighted by Crippen LogP contribution is -2.23. The summed E-state index contributed by atoms with van der Waals surface area (Å²) in [4.78, 5) is 5.98. The first-order valence-electron chi connectivity index (χ1n) is 10.4. The summed E-state index contributed by atoms with van der Waals surface area (Å²) >= 11 is 1.66. The van der Waals surface area contributed by atoms with Crippen molar-refractivity contribution in [2.45, 2.75) is 26.8 Å². The molecule has 1 aromatic heterocycles. The van der Waals surface area contributed by atoms with Crippen molar-refractivity contribution in [2.75, 3.05) is 20.8 Å². The largest absolute Gasteiger partial charge is 0.497 e. The Hall–Kier alpha value is -2.89. The molecule has 0 spiro atoms. The molecular formula is C26H28N2O2S. The second-order valence-corrected chi connectivity index (χ2v) is 8.80. The number of thiazole rings is 1. The van der Waals surface area contributed by atoms with Crippen LogP contribution in [0.1, 0.15) is 24.1 Å². The number of rotatable bonds is 6. The van der Waals surface area contributed by atoms with E-state index >= 15 is 0 Å². The van der Waals surface area contributed by atoms with E-state index in [0.29, 0.717) is 6.61 Å². The molecule has 0 N–H and O–H groups in total. The molecule has 4 aromatic rings. The molecule has 0 amide bonds. The van der Waals surface area contributed by atoms with Gasteiger partial charge >= 0.3 is 0 Å². The highest BCUT2D eigenvalue weighted by Gasteiger charge is 2.15. The number of ether oxygens (including phenoxy) is 2. The van der Waals surface area contributed by atoms with E-state index in [2.05, 4.69) is 79.2 Å². The number of aromatic nitrogens is 1. The normalized spacial score (nSPS) is 13.0. The number of aryl methyl sites for hydroxylation is 2. The average Bonchev–Trinajstić information content (AvgIpc) is 3.16. The first kappa shape index (κ1) is 21.3. The third kappa shape index (κ3) is 4.58. The van der Waals surface area contributed by atoms with Gasteiger partial charge in [-0.3, -0.25) is 0 Å². The van der Waals surface area contributed by atoms with Gasteiger partial charge in [0.1, 0.15) is 5.75 Å². The van der Waals surface area contributed by atoms with E-state index in [1.54, 1.807) is 25.6 Å². The van der Waals surface area contributed by atoms with Crippen LogP contribution in [-0.4, -0.2) is 25.4 Å². The van der Waals surface area contributed by atoms with Crippen LogP contribution in [0.2, 0.25) is 0 Å². The van der Waals surface area contributed by atoms with Crippen molar-refractivity contribution in [3.8, 4) is 17.0 Å². The number of hydrogen-bond donors (Lipinski definition) is 0. The molecule has 4 nitrogen and oxygen atoms in total. The fourth-order valence-electron chi connectivity index (χ4n) is 3.99. The minimum Gasteiger partial charge on any atom is -0.497 e. The Morgan fingerprint density at radius 1 is 0.935 bits per heavy atom. The summed E-state index contributed by atoms with van der Waals surface area (Å²) < 4.78 is 13.1. The van der Waals surface area contributed by atoms with Crippen LogP contribution in [-0.2, 0) is 4.74 Å². The van der Waals surface area contributed by atoms with Gasteiger partial charge in [0.05, 0.1) is 31.1 Å². The van der Waals surface area contributed by atoms with Crippen LogP contribution in [0.5, 0.6) is 5.75 Å². The highest BCUT2D eigenvalue weighted by Crippen LogP contribution is 2.29. The van der Waals surface area contributed by atoms with E-state index in [0.717, 1.165) is 27.3 Å². The second kappa shape index (κ2) is 9.08. The van der Waals surface area contributed by atoms with Gasteiger partial charge < -0.3 is 14.0 Å². The molecule has 1 unspecified atom stereocenters. The fourth-order valence-corrected chi connectivity index (χ4v) is 5.01. The molecule has 1 atom stereocenters. The summed E-state index contributed by atoms with van der Waals surface area (Å²) in [6, 6.07) is 19.3. The van der Waals surface area contributed by atoms with Crippen molar-refractivity contribution in [2.24, 2.45) is 4.99 Å². The van der Waals surface area contributed by atoms with Gasteiger partial charge in [-0.05, 0) is 78.6 Å². The molecule has 3 aromatic carbocycles. The van der Waals surface area contributed by atoms with Crippen LogP contribution in [0.3, 0.4) is 0 Å². The van der Waals surface area contributed by atoms with Crippen molar-refractivity contribution in [1.82, 2.24) is 4.57 Å². The molecule has 0 radical (unpaired) electrons. The summed E-state index contributed by atoms with van der Waals surface area (Å²) in [5, 5.41) is 4.54. The van der Waals surface area contributed by atoms with Crippen LogP contribution in [0, 0.1) is 13.8 Å². The molecule has 31 heavy (non-hydrogen) atoms. The number of methoxy groups -OCH3 is 2. The lowest BCUT2D eigenvalue weighted by atomic mass is 10.0. The molecule has 0 bridgehead atoms. The summed E-state index contributed by atoms with van der Waals surface area (Å²) in [6.07, 6.45) is 0. The summed E-state index contributed by atoms with van der Waals surface area (Å²) in [5.74, 6) is 0.870. The zero-order chi connectivity index (χ0) is 22.0. The molecule has 4 rings (SSSR count). The molecule has 160 valence electrons. The van der Waals surface area contributed by atoms with E-state index in [4.69, 9.17) is 14.5 Å². The van der Waals surface area contributed by atoms with Crippen molar-refractivity contribution in [3.05, 3.63) is 75.9 Å². The van der Waals surface area contributed by atoms with Crippen molar-refractivity contribution in [1.29, 1.82) is 0 Å². The molecule has 5 heteroatoms. The molecule has 0 saturated heterocycles. The molecule has 0 aliphatic rings. The molecule has 0 fully saturated rings. The highest BCUT2D eigenvalue weighted by molar-refractivity contribution is 7.07. The van der Waals surface area contributed by atoms with Gasteiger partial charge in [0.2, 0.25) is 0 Å². The maximum absolute atomic E-state index is 5.49. The maximum atomic E-state index is 5.49. The van der Waals surface area contributed by atoms with Crippen molar-refractivity contribution in [3.63, 3.8) is 0 Å². The zero-order valence-corrected chi connectivity index (χ0v) is 19.5. The predicted octanol–water partition coefficient (Wildman–Crippen LogP) is 6.44. The Labute approximate surface area is 187 Å². The fraction of sp³-hybridized carbons (Fsp3) is 0.269. The lowest BCUT2D eigenvalue weighted by Gasteiger charge is -2.17. The lowest BCUT2D eigenvalue weighted by molar-refractivity contribution is 0.162. The Kier molecular flexibility index (Phi) is 6.25. The highest BCUT2D eigenvalue weighted by atomic mass is 32.1. The third-order valence-electron chi connectivity index (χ3n) is 5.36. The summed E-state index contributed by atoms with van der Waals surface area (Å²) in [5.41, 5.74) is 5.73. The number of hydrogen-bond acceptors (Lipinski definition) is 4. The van der Waals surface area contributed by atoms with E-state index in [9.17, 15) is 0 Å². The van der Waals surface area contributed by atoms with Gasteiger partial charge in [-0.2, -0.15) is 0 Å². The van der Waals surface area contributed by atoms with Gasteiger partial charge in [-0.1, -0.05) is 24.3 Å². The minimum atomic E-state index is 0.155. The predicted molar refractivity (Wildman–Crippen MR) is 130 cm³/mol. The topological polar surface area (TPSA) is 35.8 Å². The number of benzene rings is 3. The van der Waals surface area contributed by atoms with Crippen LogP contribution in [0.4, 0.5) is 5.69 Å². The standard InChI is InChI=1S/C26H28N2O2S/c1-17-10-18(2)12-23(11-17)27-26-28(19(3)15-29-4)25(16-31-26)22-7-6-21-14-24(30-5)9-8-20(21)13-22/h6-14,16,19H,15H2,1-5H3. The molecule has 1 heterocycles. The number of fused-ring (bicyclic) bond motifs is 1. The Morgan fingerprint density at radius 3 is 2.35 bits per heavy atom. The Morgan fingerprint density at radius 2 is 1.65 bits per heavy atom. The SMILES string of the molecule is COCC(C)n1c(-c2ccc3cc(OC)ccc3c2)csc1=Nc1cc(C)cc(C)c1. The van der Waals surface area contributed by atoms with Gasteiger partial charge in [-0.15, -0.1) is 11.3 Å². The molecule has 0 aliphatic heterocycles. The molecular weight excluding hydrogens is 404 g/mol. The quantitative estimate of drug-likeness (QED) is 0.352. The monoisotopic (exact) mass is 432 g/mol. The van der Waals surface area contributed by atoms with E-state index < -0.39 is 0 Å². The molecule has 0 aliphatic carbocycles. The Balaban J connectivity index is 1.86. The zero-order valence-electron chi connectivity index (χ0n) is 18.7. The van der Waals surface area contributed by atoms with Crippen LogP contribution >= 0.6 is 11.3 Å². The van der Waals surface area contributed by atoms with Crippen LogP contribution < -0.4 is 9.54 Å². The third-order valence-corrected chi connectivity index (χ3v) is 6.20. The maximum Gasteiger partial charge on any atom is 0.190 e. The number of nitrogens with zero attached hydrogens (tertiary/aromatic N) is 2. The second-order valence-electron chi connectivity index (χ2n) is 7.96. The molecule has 0 saturated carbocycles. The van der Waals surface area contributed by atoms with E-state index in [1.165, 1.54) is 22.1 Å². The van der Waals surface area contributed by atoms with Gasteiger partial charge in [-0.25, -0.2) is 4.99 Å². The average molecular weight is 433 g/mol. The van der Waals surface area contributed by atoms with E-state index in [1.807, 2.05) is 6.07 Å². The smallest absolute Gasteiger partial charge is 0.190 e. The van der Waals surface area contributed by atoms with Crippen LogP contribution in [0.15, 0.2) is 65.0 Å². The van der Waals surface area contributed by atoms with Crippen molar-refractivity contribution < 1.29 is 9.47 Å². The first-order chi connectivity index (χ1) is 15.0. The van der Waals surface area contributed by atoms with E-state index in [-0.39, 0.29) is 6.04 Å². The minimum absolute atomic E-state index is 0.155. The Bertz CT molecular complexity index is 1270.